The molecule has 1 aliphatic rings. The standard InChI is InChI=1S/C20H26N4O3S2/c1-20(2,3)14-4-6-15(7-5-14)28-13-17(25)22-23-18(26)16-12-29-19(21-16)24-8-10-27-11-9-24/h4-7,12H,8-11,13H2,1-3H3,(H,22,25)(H,23,26). The number of thioether (sulfide) groups is 1. The molecule has 2 N–H and O–H groups in total. The molecule has 3 rings (SSSR count). The largest absolute Gasteiger partial charge is 0.378 e. The molecule has 2 aromatic rings. The molecule has 1 fully saturated rings. The average molecular weight is 435 g/mol. The highest BCUT2D eigenvalue weighted by Crippen LogP contribution is 2.25. The van der Waals surface area contributed by atoms with Gasteiger partial charge in [-0.25, -0.2) is 4.98 Å². The van der Waals surface area contributed by atoms with Gasteiger partial charge in [0, 0.05) is 23.4 Å². The van der Waals surface area contributed by atoms with E-state index in [1.165, 1.54) is 28.7 Å². The summed E-state index contributed by atoms with van der Waals surface area (Å²) in [6.45, 7) is 9.34. The van der Waals surface area contributed by atoms with Crippen LogP contribution in [-0.4, -0.2) is 48.9 Å². The summed E-state index contributed by atoms with van der Waals surface area (Å²) in [4.78, 5) is 31.7. The molecule has 0 unspecified atom stereocenters. The van der Waals surface area contributed by atoms with Gasteiger partial charge in [-0.2, -0.15) is 0 Å². The van der Waals surface area contributed by atoms with Crippen molar-refractivity contribution in [2.24, 2.45) is 0 Å². The second-order valence-corrected chi connectivity index (χ2v) is 9.57. The molecule has 1 saturated heterocycles. The number of nitrogens with zero attached hydrogens (tertiary/aromatic N) is 2. The Kier molecular flexibility index (Phi) is 7.15. The van der Waals surface area contributed by atoms with Crippen molar-refractivity contribution in [1.29, 1.82) is 0 Å². The molecule has 0 aliphatic carbocycles. The van der Waals surface area contributed by atoms with E-state index in [0.29, 0.717) is 18.9 Å². The molecule has 7 nitrogen and oxygen atoms in total. The molecule has 1 aromatic heterocycles. The van der Waals surface area contributed by atoms with Crippen molar-refractivity contribution >= 4 is 40.0 Å². The minimum absolute atomic E-state index is 0.0994. The number of benzene rings is 1. The van der Waals surface area contributed by atoms with Crippen molar-refractivity contribution < 1.29 is 14.3 Å². The first-order chi connectivity index (χ1) is 13.8. The van der Waals surface area contributed by atoms with Gasteiger partial charge in [-0.3, -0.25) is 20.4 Å². The Morgan fingerprint density at radius 2 is 1.86 bits per heavy atom. The molecule has 2 amide bonds. The Bertz CT molecular complexity index is 840. The molecule has 0 bridgehead atoms. The number of thiazole rings is 1. The fourth-order valence-electron chi connectivity index (χ4n) is 2.70. The number of ether oxygens (including phenoxy) is 1. The minimum Gasteiger partial charge on any atom is -0.378 e. The van der Waals surface area contributed by atoms with Crippen molar-refractivity contribution in [2.45, 2.75) is 31.1 Å². The van der Waals surface area contributed by atoms with Crippen LogP contribution in [0.15, 0.2) is 34.5 Å². The molecule has 0 atom stereocenters. The van der Waals surface area contributed by atoms with Gasteiger partial charge in [-0.1, -0.05) is 32.9 Å². The summed E-state index contributed by atoms with van der Waals surface area (Å²) in [6.07, 6.45) is 0. The fourth-order valence-corrected chi connectivity index (χ4v) is 4.25. The first-order valence-corrected chi connectivity index (χ1v) is 11.3. The van der Waals surface area contributed by atoms with E-state index in [1.54, 1.807) is 5.38 Å². The molecule has 29 heavy (non-hydrogen) atoms. The summed E-state index contributed by atoms with van der Waals surface area (Å²) < 4.78 is 5.32. The van der Waals surface area contributed by atoms with Crippen molar-refractivity contribution in [3.63, 3.8) is 0 Å². The Morgan fingerprint density at radius 3 is 2.52 bits per heavy atom. The number of hydrogen-bond acceptors (Lipinski definition) is 7. The van der Waals surface area contributed by atoms with Crippen LogP contribution in [0.4, 0.5) is 5.13 Å². The monoisotopic (exact) mass is 434 g/mol. The maximum atomic E-state index is 12.2. The number of anilines is 1. The average Bonchev–Trinajstić information content (AvgIpc) is 3.21. The van der Waals surface area contributed by atoms with Crippen LogP contribution in [0, 0.1) is 0 Å². The lowest BCUT2D eigenvalue weighted by Gasteiger charge is -2.25. The Hall–Kier alpha value is -2.10. The molecule has 0 saturated carbocycles. The van der Waals surface area contributed by atoms with E-state index in [0.717, 1.165) is 23.1 Å². The zero-order chi connectivity index (χ0) is 20.9. The van der Waals surface area contributed by atoms with Crippen molar-refractivity contribution in [2.75, 3.05) is 37.0 Å². The number of hydrogen-bond donors (Lipinski definition) is 2. The van der Waals surface area contributed by atoms with Gasteiger partial charge in [-0.15, -0.1) is 23.1 Å². The van der Waals surface area contributed by atoms with Gasteiger partial charge in [0.05, 0.1) is 19.0 Å². The quantitative estimate of drug-likeness (QED) is 0.556. The van der Waals surface area contributed by atoms with Gasteiger partial charge >= 0.3 is 0 Å². The van der Waals surface area contributed by atoms with E-state index in [-0.39, 0.29) is 17.1 Å². The minimum atomic E-state index is -0.423. The number of carbonyl (C=O) groups excluding carboxylic acids is 2. The summed E-state index contributed by atoms with van der Waals surface area (Å²) in [5.74, 6) is -0.480. The van der Waals surface area contributed by atoms with Crippen LogP contribution in [0.25, 0.3) is 0 Å². The van der Waals surface area contributed by atoms with E-state index >= 15 is 0 Å². The normalized spacial score (nSPS) is 14.5. The van der Waals surface area contributed by atoms with Gasteiger partial charge in [0.2, 0.25) is 5.91 Å². The summed E-state index contributed by atoms with van der Waals surface area (Å²) in [6, 6.07) is 8.19. The molecule has 0 spiro atoms. The van der Waals surface area contributed by atoms with E-state index in [9.17, 15) is 9.59 Å². The predicted octanol–water partition coefficient (Wildman–Crippen LogP) is 2.83. The van der Waals surface area contributed by atoms with Crippen LogP contribution in [0.1, 0.15) is 36.8 Å². The van der Waals surface area contributed by atoms with E-state index in [1.807, 2.05) is 12.1 Å². The van der Waals surface area contributed by atoms with Crippen LogP contribution < -0.4 is 15.8 Å². The van der Waals surface area contributed by atoms with E-state index in [4.69, 9.17) is 4.74 Å². The maximum absolute atomic E-state index is 12.2. The summed E-state index contributed by atoms with van der Waals surface area (Å²) >= 11 is 2.83. The highest BCUT2D eigenvalue weighted by Gasteiger charge is 2.18. The fraction of sp³-hybridized carbons (Fsp3) is 0.450. The first-order valence-electron chi connectivity index (χ1n) is 9.44. The summed E-state index contributed by atoms with van der Waals surface area (Å²) in [5.41, 5.74) is 6.52. The van der Waals surface area contributed by atoms with Crippen LogP contribution in [0.3, 0.4) is 0 Å². The lowest BCUT2D eigenvalue weighted by Crippen LogP contribution is -2.42. The number of carbonyl (C=O) groups is 2. The third-order valence-corrected chi connectivity index (χ3v) is 6.33. The summed E-state index contributed by atoms with van der Waals surface area (Å²) in [7, 11) is 0. The number of hydrazine groups is 1. The van der Waals surface area contributed by atoms with Gasteiger partial charge in [0.1, 0.15) is 5.69 Å². The number of amides is 2. The smallest absolute Gasteiger partial charge is 0.289 e. The molecule has 1 aromatic carbocycles. The summed E-state index contributed by atoms with van der Waals surface area (Å²) in [5, 5.41) is 2.48. The Balaban J connectivity index is 1.43. The highest BCUT2D eigenvalue weighted by molar-refractivity contribution is 8.00. The van der Waals surface area contributed by atoms with E-state index in [2.05, 4.69) is 53.6 Å². The van der Waals surface area contributed by atoms with Crippen LogP contribution in [0.5, 0.6) is 0 Å². The molecule has 0 radical (unpaired) electrons. The lowest BCUT2D eigenvalue weighted by molar-refractivity contribution is -0.119. The molecule has 1 aliphatic heterocycles. The van der Waals surface area contributed by atoms with Crippen molar-refractivity contribution in [3.05, 3.63) is 40.9 Å². The lowest BCUT2D eigenvalue weighted by atomic mass is 9.87. The first kappa shape index (κ1) is 21.6. The molecular weight excluding hydrogens is 408 g/mol. The van der Waals surface area contributed by atoms with Gasteiger partial charge in [0.15, 0.2) is 5.13 Å². The molecule has 156 valence electrons. The number of morpholine rings is 1. The Morgan fingerprint density at radius 1 is 1.17 bits per heavy atom. The highest BCUT2D eigenvalue weighted by atomic mass is 32.2. The molecule has 9 heteroatoms. The maximum Gasteiger partial charge on any atom is 0.289 e. The van der Waals surface area contributed by atoms with Gasteiger partial charge in [0.25, 0.3) is 5.91 Å². The number of rotatable bonds is 5. The third kappa shape index (κ3) is 6.19. The third-order valence-electron chi connectivity index (χ3n) is 4.41. The van der Waals surface area contributed by atoms with Gasteiger partial charge < -0.3 is 9.64 Å². The zero-order valence-electron chi connectivity index (χ0n) is 16.9. The number of nitrogens with one attached hydrogen (secondary N) is 2. The van der Waals surface area contributed by atoms with E-state index < -0.39 is 5.91 Å². The van der Waals surface area contributed by atoms with Gasteiger partial charge in [-0.05, 0) is 23.1 Å². The SMILES string of the molecule is CC(C)(C)c1ccc(SCC(=O)NNC(=O)c2csc(N3CCOCC3)n2)cc1. The predicted molar refractivity (Wildman–Crippen MR) is 117 cm³/mol. The number of aromatic nitrogens is 1. The second kappa shape index (κ2) is 9.60. The Labute approximate surface area is 179 Å². The van der Waals surface area contributed by atoms with Crippen LogP contribution >= 0.6 is 23.1 Å². The van der Waals surface area contributed by atoms with Crippen molar-refractivity contribution in [1.82, 2.24) is 15.8 Å². The second-order valence-electron chi connectivity index (χ2n) is 7.68. The molecule has 2 heterocycles. The van der Waals surface area contributed by atoms with Crippen molar-refractivity contribution in [3.8, 4) is 0 Å². The topological polar surface area (TPSA) is 83.6 Å². The molecular formula is C20H26N4O3S2. The zero-order valence-corrected chi connectivity index (χ0v) is 18.5. The van der Waals surface area contributed by atoms with Crippen LogP contribution in [0.2, 0.25) is 0 Å². The van der Waals surface area contributed by atoms with Crippen LogP contribution in [-0.2, 0) is 14.9 Å².